The summed E-state index contributed by atoms with van der Waals surface area (Å²) in [6.45, 7) is 0.491. The molecule has 1 fully saturated rings. The fraction of sp³-hybridized carbons (Fsp3) is 0.350. The predicted molar refractivity (Wildman–Crippen MR) is 124 cm³/mol. The third kappa shape index (κ3) is 4.63. The van der Waals surface area contributed by atoms with Crippen LogP contribution in [0.4, 0.5) is 5.13 Å². The molecule has 1 aromatic carbocycles. The average molecular weight is 495 g/mol. The quantitative estimate of drug-likeness (QED) is 0.484. The zero-order valence-corrected chi connectivity index (χ0v) is 20.0. The maximum absolute atomic E-state index is 12.7. The van der Waals surface area contributed by atoms with Crippen LogP contribution >= 0.6 is 22.7 Å². The number of thiophene rings is 1. The molecule has 0 N–H and O–H groups in total. The van der Waals surface area contributed by atoms with Crippen LogP contribution in [0.5, 0.6) is 0 Å². The summed E-state index contributed by atoms with van der Waals surface area (Å²) in [5, 5.41) is 0.856. The smallest absolute Gasteiger partial charge is 0.348 e. The molecule has 1 saturated heterocycles. The fourth-order valence-corrected chi connectivity index (χ4v) is 6.70. The molecule has 9 nitrogen and oxygen atoms in total. The van der Waals surface area contributed by atoms with Gasteiger partial charge < -0.3 is 14.5 Å². The minimum Gasteiger partial charge on any atom is -0.451 e. The van der Waals surface area contributed by atoms with Gasteiger partial charge in [-0.15, -0.1) is 11.3 Å². The van der Waals surface area contributed by atoms with Gasteiger partial charge in [-0.3, -0.25) is 4.79 Å². The van der Waals surface area contributed by atoms with E-state index in [2.05, 4.69) is 4.98 Å². The fourth-order valence-electron chi connectivity index (χ4n) is 3.22. The third-order valence-electron chi connectivity index (χ3n) is 4.96. The minimum absolute atomic E-state index is 0.192. The molecule has 1 amide bonds. The number of sulfonamides is 1. The summed E-state index contributed by atoms with van der Waals surface area (Å²) in [4.78, 5) is 34.1. The summed E-state index contributed by atoms with van der Waals surface area (Å²) in [5.41, 5.74) is 0. The van der Waals surface area contributed by atoms with Crippen molar-refractivity contribution in [3.8, 4) is 0 Å². The second-order valence-corrected chi connectivity index (χ2v) is 11.3. The SMILES string of the molecule is CN(C)c1nc2sc(C(=O)OCC(=O)N3CCN(S(=O)(=O)c4ccccc4)CC3)cc2s1. The summed E-state index contributed by atoms with van der Waals surface area (Å²) < 4.78 is 32.8. The van der Waals surface area contributed by atoms with Gasteiger partial charge >= 0.3 is 5.97 Å². The van der Waals surface area contributed by atoms with E-state index in [-0.39, 0.29) is 43.6 Å². The van der Waals surface area contributed by atoms with E-state index in [0.29, 0.717) is 4.88 Å². The molecule has 1 aliphatic heterocycles. The first-order chi connectivity index (χ1) is 15.3. The Morgan fingerprint density at radius 1 is 1.09 bits per heavy atom. The molecule has 12 heteroatoms. The number of ether oxygens (including phenoxy) is 1. The van der Waals surface area contributed by atoms with Crippen LogP contribution in [0.15, 0.2) is 41.3 Å². The molecule has 32 heavy (non-hydrogen) atoms. The van der Waals surface area contributed by atoms with Crippen molar-refractivity contribution < 1.29 is 22.7 Å². The molecule has 3 aromatic rings. The minimum atomic E-state index is -3.59. The number of hydrogen-bond acceptors (Lipinski definition) is 9. The second kappa shape index (κ2) is 9.14. The summed E-state index contributed by atoms with van der Waals surface area (Å²) in [5.74, 6) is -0.910. The molecule has 3 heterocycles. The Balaban J connectivity index is 1.29. The number of thiazole rings is 1. The van der Waals surface area contributed by atoms with Gasteiger partial charge in [0, 0.05) is 40.3 Å². The van der Waals surface area contributed by atoms with Crippen LogP contribution in [0.2, 0.25) is 0 Å². The van der Waals surface area contributed by atoms with E-state index in [1.165, 1.54) is 31.9 Å². The molecule has 170 valence electrons. The largest absolute Gasteiger partial charge is 0.451 e. The Kier molecular flexibility index (Phi) is 6.47. The number of carbonyl (C=O) groups excluding carboxylic acids is 2. The maximum Gasteiger partial charge on any atom is 0.348 e. The van der Waals surface area contributed by atoms with Crippen molar-refractivity contribution in [3.63, 3.8) is 0 Å². The number of amides is 1. The predicted octanol–water partition coefficient (Wildman–Crippen LogP) is 2.11. The number of nitrogens with zero attached hydrogens (tertiary/aromatic N) is 4. The summed E-state index contributed by atoms with van der Waals surface area (Å²) in [7, 11) is 0.220. The first-order valence-corrected chi connectivity index (χ1v) is 12.9. The van der Waals surface area contributed by atoms with Gasteiger partial charge in [-0.05, 0) is 18.2 Å². The average Bonchev–Trinajstić information content (AvgIpc) is 3.38. The lowest BCUT2D eigenvalue weighted by Crippen LogP contribution is -2.51. The van der Waals surface area contributed by atoms with Gasteiger partial charge in [0.05, 0.1) is 9.60 Å². The van der Waals surface area contributed by atoms with Gasteiger partial charge in [-0.1, -0.05) is 29.5 Å². The Labute approximate surface area is 193 Å². The van der Waals surface area contributed by atoms with Gasteiger partial charge in [0.2, 0.25) is 10.0 Å². The second-order valence-electron chi connectivity index (χ2n) is 7.34. The number of carbonyl (C=O) groups is 2. The Morgan fingerprint density at radius 2 is 1.78 bits per heavy atom. The number of rotatable bonds is 6. The normalized spacial score (nSPS) is 15.1. The molecule has 0 aliphatic carbocycles. The van der Waals surface area contributed by atoms with Crippen LogP contribution < -0.4 is 4.90 Å². The number of anilines is 1. The molecular weight excluding hydrogens is 472 g/mol. The lowest BCUT2D eigenvalue weighted by atomic mass is 10.3. The van der Waals surface area contributed by atoms with Crippen molar-refractivity contribution in [2.24, 2.45) is 0 Å². The zero-order chi connectivity index (χ0) is 22.9. The first kappa shape index (κ1) is 22.6. The first-order valence-electron chi connectivity index (χ1n) is 9.83. The van der Waals surface area contributed by atoms with Crippen molar-refractivity contribution in [3.05, 3.63) is 41.3 Å². The lowest BCUT2D eigenvalue weighted by molar-refractivity contribution is -0.135. The van der Waals surface area contributed by atoms with Gasteiger partial charge in [0.25, 0.3) is 5.91 Å². The molecule has 2 aromatic heterocycles. The summed E-state index contributed by atoms with van der Waals surface area (Å²) in [6, 6.07) is 9.94. The van der Waals surface area contributed by atoms with Crippen molar-refractivity contribution in [2.75, 3.05) is 51.8 Å². The van der Waals surface area contributed by atoms with Gasteiger partial charge in [0.1, 0.15) is 9.71 Å². The van der Waals surface area contributed by atoms with Crippen LogP contribution in [-0.4, -0.2) is 81.4 Å². The van der Waals surface area contributed by atoms with Crippen molar-refractivity contribution in [2.45, 2.75) is 4.90 Å². The molecule has 4 rings (SSSR count). The molecule has 0 spiro atoms. The number of piperazine rings is 1. The number of aromatic nitrogens is 1. The molecule has 0 unspecified atom stereocenters. The van der Waals surface area contributed by atoms with Crippen LogP contribution in [0.3, 0.4) is 0 Å². The summed E-state index contributed by atoms with van der Waals surface area (Å²) >= 11 is 2.71. The van der Waals surface area contributed by atoms with E-state index in [4.69, 9.17) is 4.74 Å². The van der Waals surface area contributed by atoms with Crippen molar-refractivity contribution in [1.82, 2.24) is 14.2 Å². The zero-order valence-electron chi connectivity index (χ0n) is 17.6. The van der Waals surface area contributed by atoms with E-state index in [9.17, 15) is 18.0 Å². The van der Waals surface area contributed by atoms with Crippen LogP contribution in [-0.2, 0) is 19.6 Å². The highest BCUT2D eigenvalue weighted by Crippen LogP contribution is 2.34. The maximum atomic E-state index is 12.7. The van der Waals surface area contributed by atoms with Gasteiger partial charge in [-0.2, -0.15) is 4.31 Å². The third-order valence-corrected chi connectivity index (χ3v) is 9.18. The summed E-state index contributed by atoms with van der Waals surface area (Å²) in [6.07, 6.45) is 0. The topological polar surface area (TPSA) is 100 Å². The van der Waals surface area contributed by atoms with Gasteiger partial charge in [0.15, 0.2) is 11.7 Å². The molecule has 0 atom stereocenters. The van der Waals surface area contributed by atoms with E-state index in [0.717, 1.165) is 14.7 Å². The van der Waals surface area contributed by atoms with E-state index >= 15 is 0 Å². The van der Waals surface area contributed by atoms with Crippen LogP contribution in [0.25, 0.3) is 9.53 Å². The highest BCUT2D eigenvalue weighted by molar-refractivity contribution is 7.89. The molecule has 1 aliphatic rings. The molecular formula is C20H22N4O5S3. The highest BCUT2D eigenvalue weighted by Gasteiger charge is 2.30. The molecule has 0 radical (unpaired) electrons. The highest BCUT2D eigenvalue weighted by atomic mass is 32.2. The number of benzene rings is 1. The van der Waals surface area contributed by atoms with Crippen LogP contribution in [0.1, 0.15) is 9.67 Å². The Bertz CT molecular complexity index is 1200. The molecule has 0 bridgehead atoms. The standard InChI is InChI=1S/C20H22N4O5S3/c1-22(2)20-21-18-15(31-20)12-16(30-18)19(26)29-13-17(25)23-8-10-24(11-9-23)32(27,28)14-6-4-3-5-7-14/h3-7,12H,8-11,13H2,1-2H3. The van der Waals surface area contributed by atoms with Crippen LogP contribution in [0, 0.1) is 0 Å². The van der Waals surface area contributed by atoms with E-state index in [1.54, 1.807) is 36.4 Å². The van der Waals surface area contributed by atoms with Crippen molar-refractivity contribution >= 4 is 59.2 Å². The number of fused-ring (bicyclic) bond motifs is 1. The molecule has 0 saturated carbocycles. The van der Waals surface area contributed by atoms with Crippen molar-refractivity contribution in [1.29, 1.82) is 0 Å². The van der Waals surface area contributed by atoms with E-state index < -0.39 is 16.0 Å². The Hall–Kier alpha value is -2.54. The monoisotopic (exact) mass is 494 g/mol. The lowest BCUT2D eigenvalue weighted by Gasteiger charge is -2.33. The number of hydrogen-bond donors (Lipinski definition) is 0. The number of esters is 1. The van der Waals surface area contributed by atoms with Gasteiger partial charge in [-0.25, -0.2) is 18.2 Å². The Morgan fingerprint density at radius 3 is 2.41 bits per heavy atom. The van der Waals surface area contributed by atoms with E-state index in [1.807, 2.05) is 19.0 Å².